The summed E-state index contributed by atoms with van der Waals surface area (Å²) >= 11 is 3.04. The van der Waals surface area contributed by atoms with Gasteiger partial charge in [-0.2, -0.15) is 0 Å². The van der Waals surface area contributed by atoms with Gasteiger partial charge in [-0.15, -0.1) is 0 Å². The molecule has 0 spiro atoms. The number of hydrogen-bond acceptors (Lipinski definition) is 2. The van der Waals surface area contributed by atoms with Crippen LogP contribution in [0.4, 0.5) is 8.78 Å². The highest BCUT2D eigenvalue weighted by Crippen LogP contribution is 2.12. The molecule has 0 fully saturated rings. The van der Waals surface area contributed by atoms with Gasteiger partial charge in [-0.05, 0) is 15.9 Å². The van der Waals surface area contributed by atoms with Crippen LogP contribution in [0.1, 0.15) is 10.6 Å². The van der Waals surface area contributed by atoms with Crippen molar-refractivity contribution < 1.29 is 13.6 Å². The molecular weight excluding hydrogens is 234 g/mol. The first kappa shape index (κ1) is 9.31. The number of rotatable bonds is 2. The first-order chi connectivity index (χ1) is 5.54. The van der Waals surface area contributed by atoms with E-state index in [1.807, 2.05) is 0 Å². The Kier molecular flexibility index (Phi) is 2.56. The monoisotopic (exact) mass is 238 g/mol. The number of Topliss-reactive ketones (excluding diaryl/α,β-unsaturated/α-hetero) is 1. The van der Waals surface area contributed by atoms with Crippen LogP contribution >= 0.6 is 15.9 Å². The van der Waals surface area contributed by atoms with Crippen molar-refractivity contribution in [3.8, 4) is 0 Å². The Hall–Kier alpha value is -0.780. The van der Waals surface area contributed by atoms with Gasteiger partial charge in [0.25, 0.3) is 5.78 Å². The average molecular weight is 239 g/mol. The second-order valence-corrected chi connectivity index (χ2v) is 2.94. The number of imidazole rings is 1. The lowest BCUT2D eigenvalue weighted by Gasteiger charge is -1.99. The van der Waals surface area contributed by atoms with Gasteiger partial charge in [-0.1, -0.05) is 0 Å². The molecule has 0 aromatic carbocycles. The summed E-state index contributed by atoms with van der Waals surface area (Å²) in [6.45, 7) is 0. The minimum absolute atomic E-state index is 0.239. The zero-order valence-corrected chi connectivity index (χ0v) is 7.68. The fraction of sp³-hybridized carbons (Fsp3) is 0.333. The van der Waals surface area contributed by atoms with Crippen LogP contribution in [0.25, 0.3) is 0 Å². The Morgan fingerprint density at radius 1 is 1.75 bits per heavy atom. The van der Waals surface area contributed by atoms with E-state index in [9.17, 15) is 13.6 Å². The van der Waals surface area contributed by atoms with Crippen molar-refractivity contribution >= 4 is 21.7 Å². The summed E-state index contributed by atoms with van der Waals surface area (Å²) in [6, 6.07) is 0. The number of carbonyl (C=O) groups is 1. The highest BCUT2D eigenvalue weighted by Gasteiger charge is 2.22. The molecule has 0 amide bonds. The topological polar surface area (TPSA) is 34.9 Å². The summed E-state index contributed by atoms with van der Waals surface area (Å²) in [7, 11) is 1.48. The maximum Gasteiger partial charge on any atom is 0.303 e. The van der Waals surface area contributed by atoms with Crippen LogP contribution in [0.15, 0.2) is 10.8 Å². The largest absolute Gasteiger partial charge is 0.319 e. The Morgan fingerprint density at radius 3 is 2.67 bits per heavy atom. The van der Waals surface area contributed by atoms with Crippen molar-refractivity contribution in [2.45, 2.75) is 6.43 Å². The van der Waals surface area contributed by atoms with Crippen molar-refractivity contribution in [1.29, 1.82) is 0 Å². The van der Waals surface area contributed by atoms with Crippen molar-refractivity contribution in [2.24, 2.45) is 7.05 Å². The number of halogens is 3. The van der Waals surface area contributed by atoms with E-state index < -0.39 is 12.2 Å². The van der Waals surface area contributed by atoms with Crippen LogP contribution in [0.5, 0.6) is 0 Å². The van der Waals surface area contributed by atoms with Crippen molar-refractivity contribution in [2.75, 3.05) is 0 Å². The van der Waals surface area contributed by atoms with Crippen LogP contribution in [0.2, 0.25) is 0 Å². The van der Waals surface area contributed by atoms with Crippen LogP contribution in [0, 0.1) is 0 Å². The molecule has 6 heteroatoms. The molecule has 0 aliphatic rings. The van der Waals surface area contributed by atoms with Crippen LogP contribution in [-0.2, 0) is 7.05 Å². The third-order valence-electron chi connectivity index (χ3n) is 1.35. The third-order valence-corrected chi connectivity index (χ3v) is 2.09. The van der Waals surface area contributed by atoms with E-state index in [1.54, 1.807) is 0 Å². The highest BCUT2D eigenvalue weighted by molar-refractivity contribution is 9.10. The van der Waals surface area contributed by atoms with Gasteiger partial charge in [0, 0.05) is 7.05 Å². The van der Waals surface area contributed by atoms with Gasteiger partial charge in [0.05, 0.1) is 6.20 Å². The number of hydrogen-bond donors (Lipinski definition) is 0. The molecule has 0 aliphatic carbocycles. The summed E-state index contributed by atoms with van der Waals surface area (Å²) in [5.41, 5.74) is 0. The van der Waals surface area contributed by atoms with Crippen molar-refractivity contribution in [3.63, 3.8) is 0 Å². The molecule has 0 bridgehead atoms. The molecule has 0 atom stereocenters. The summed E-state index contributed by atoms with van der Waals surface area (Å²) in [4.78, 5) is 14.2. The number of aromatic nitrogens is 2. The Labute approximate surface area is 75.5 Å². The lowest BCUT2D eigenvalue weighted by atomic mass is 10.4. The predicted octanol–water partition coefficient (Wildman–Crippen LogP) is 1.63. The summed E-state index contributed by atoms with van der Waals surface area (Å²) in [6.07, 6.45) is -1.70. The molecule has 3 nitrogen and oxygen atoms in total. The molecule has 1 aromatic rings. The summed E-state index contributed by atoms with van der Waals surface area (Å²) in [5.74, 6) is -1.50. The quantitative estimate of drug-likeness (QED) is 0.735. The number of alkyl halides is 2. The molecule has 66 valence electrons. The van der Waals surface area contributed by atoms with Gasteiger partial charge in [0.15, 0.2) is 5.82 Å². The number of nitrogens with zero attached hydrogens (tertiary/aromatic N) is 2. The highest BCUT2D eigenvalue weighted by atomic mass is 79.9. The zero-order valence-electron chi connectivity index (χ0n) is 6.09. The van der Waals surface area contributed by atoms with E-state index in [1.165, 1.54) is 17.8 Å². The molecule has 0 saturated heterocycles. The Bertz CT molecular complexity index is 310. The second kappa shape index (κ2) is 3.30. The number of ketones is 1. The lowest BCUT2D eigenvalue weighted by Crippen LogP contribution is -2.15. The SMILES string of the molecule is Cn1c(Br)cnc1C(=O)C(F)F. The van der Waals surface area contributed by atoms with E-state index in [2.05, 4.69) is 20.9 Å². The normalized spacial score (nSPS) is 10.8. The molecule has 12 heavy (non-hydrogen) atoms. The lowest BCUT2D eigenvalue weighted by molar-refractivity contribution is 0.0663. The molecule has 1 rings (SSSR count). The minimum atomic E-state index is -3.00. The summed E-state index contributed by atoms with van der Waals surface area (Å²) in [5, 5.41) is 0. The van der Waals surface area contributed by atoms with E-state index in [0.29, 0.717) is 4.60 Å². The first-order valence-corrected chi connectivity index (χ1v) is 3.83. The molecule has 0 unspecified atom stereocenters. The van der Waals surface area contributed by atoms with E-state index in [0.717, 1.165) is 0 Å². The first-order valence-electron chi connectivity index (χ1n) is 3.03. The van der Waals surface area contributed by atoms with Crippen molar-refractivity contribution in [1.82, 2.24) is 9.55 Å². The molecular formula is C6H5BrF2N2O. The van der Waals surface area contributed by atoms with Crippen LogP contribution in [-0.4, -0.2) is 21.8 Å². The van der Waals surface area contributed by atoms with E-state index in [-0.39, 0.29) is 5.82 Å². The van der Waals surface area contributed by atoms with Crippen LogP contribution in [0.3, 0.4) is 0 Å². The fourth-order valence-electron chi connectivity index (χ4n) is 0.715. The number of carbonyl (C=O) groups excluding carboxylic acids is 1. The predicted molar refractivity (Wildman–Crippen MR) is 41.2 cm³/mol. The van der Waals surface area contributed by atoms with Gasteiger partial charge >= 0.3 is 6.43 Å². The molecule has 1 heterocycles. The maximum absolute atomic E-state index is 11.9. The molecule has 0 N–H and O–H groups in total. The minimum Gasteiger partial charge on any atom is -0.319 e. The van der Waals surface area contributed by atoms with E-state index >= 15 is 0 Å². The summed E-state index contributed by atoms with van der Waals surface area (Å²) < 4.78 is 25.5. The Morgan fingerprint density at radius 2 is 2.33 bits per heavy atom. The van der Waals surface area contributed by atoms with Crippen molar-refractivity contribution in [3.05, 3.63) is 16.6 Å². The van der Waals surface area contributed by atoms with Gasteiger partial charge in [-0.3, -0.25) is 4.79 Å². The second-order valence-electron chi connectivity index (χ2n) is 2.13. The molecule has 0 saturated carbocycles. The zero-order chi connectivity index (χ0) is 9.30. The molecule has 0 radical (unpaired) electrons. The standard InChI is InChI=1S/C6H5BrF2N2O/c1-11-3(7)2-10-6(11)4(12)5(8)9/h2,5H,1H3. The fourth-order valence-corrected chi connectivity index (χ4v) is 0.986. The van der Waals surface area contributed by atoms with Gasteiger partial charge < -0.3 is 4.57 Å². The van der Waals surface area contributed by atoms with E-state index in [4.69, 9.17) is 0 Å². The average Bonchev–Trinajstić information content (AvgIpc) is 2.32. The van der Waals surface area contributed by atoms with Gasteiger partial charge in [0.1, 0.15) is 4.60 Å². The van der Waals surface area contributed by atoms with Gasteiger partial charge in [0.2, 0.25) is 0 Å². The smallest absolute Gasteiger partial charge is 0.303 e. The Balaban J connectivity index is 3.04. The molecule has 1 aromatic heterocycles. The maximum atomic E-state index is 11.9. The van der Waals surface area contributed by atoms with Crippen LogP contribution < -0.4 is 0 Å². The third kappa shape index (κ3) is 1.52. The molecule has 0 aliphatic heterocycles. The van der Waals surface area contributed by atoms with Gasteiger partial charge in [-0.25, -0.2) is 13.8 Å².